The number of esters is 1. The molecule has 2 atom stereocenters. The molecule has 3 rings (SSSR count). The summed E-state index contributed by atoms with van der Waals surface area (Å²) in [4.78, 5) is 90.5. The van der Waals surface area contributed by atoms with E-state index in [2.05, 4.69) is 5.32 Å². The summed E-state index contributed by atoms with van der Waals surface area (Å²) < 4.78 is 5.50. The molecule has 0 bridgehead atoms. The number of ether oxygens (including phenoxy) is 1. The maximum absolute atomic E-state index is 13.7. The van der Waals surface area contributed by atoms with Gasteiger partial charge in [0.25, 0.3) is 5.69 Å². The Morgan fingerprint density at radius 1 is 0.696 bits per heavy atom. The molecule has 0 radical (unpaired) electrons. The summed E-state index contributed by atoms with van der Waals surface area (Å²) in [6, 6.07) is 13.6. The summed E-state index contributed by atoms with van der Waals surface area (Å²) in [7, 11) is 0. The van der Waals surface area contributed by atoms with Crippen molar-refractivity contribution in [1.82, 2.24) is 24.9 Å². The van der Waals surface area contributed by atoms with Gasteiger partial charge in [0.15, 0.2) is 5.60 Å². The lowest BCUT2D eigenvalue weighted by molar-refractivity contribution is -0.384. The topological polar surface area (TPSA) is 281 Å². The molecular formula is C36H48N6O14. The second-order valence-corrected chi connectivity index (χ2v) is 13.5. The van der Waals surface area contributed by atoms with Gasteiger partial charge < -0.3 is 35.6 Å². The number of β-amino-alcohol motifs (C(OH)–C–C–N with tert-alkyl or cyclic N) is 1. The number of carboxylic acids is 4. The molecule has 1 amide bonds. The quantitative estimate of drug-likeness (QED) is 0.0600. The van der Waals surface area contributed by atoms with E-state index in [4.69, 9.17) is 4.74 Å². The molecule has 0 spiro atoms. The van der Waals surface area contributed by atoms with Gasteiger partial charge in [0.05, 0.1) is 37.5 Å². The Balaban J connectivity index is 1.88. The number of carbonyl (C=O) groups is 6. The average molecular weight is 789 g/mol. The Labute approximate surface area is 322 Å². The van der Waals surface area contributed by atoms with Crippen LogP contribution in [0.4, 0.5) is 5.69 Å². The van der Waals surface area contributed by atoms with Crippen LogP contribution in [-0.4, -0.2) is 176 Å². The molecule has 2 aromatic carbocycles. The summed E-state index contributed by atoms with van der Waals surface area (Å²) in [6.45, 7) is -1.67. The smallest absolute Gasteiger partial charge is 0.341 e. The zero-order valence-electron chi connectivity index (χ0n) is 30.7. The van der Waals surface area contributed by atoms with Crippen LogP contribution in [-0.2, 0) is 40.1 Å². The van der Waals surface area contributed by atoms with Crippen molar-refractivity contribution in [2.45, 2.75) is 31.0 Å². The van der Waals surface area contributed by atoms with Gasteiger partial charge in [-0.05, 0) is 11.1 Å². The number of nitrogens with one attached hydrogen (secondary N) is 1. The molecule has 2 aromatic rings. The third-order valence-electron chi connectivity index (χ3n) is 9.09. The lowest BCUT2D eigenvalue weighted by Gasteiger charge is -2.36. The maximum Gasteiger partial charge on any atom is 0.341 e. The van der Waals surface area contributed by atoms with Crippen molar-refractivity contribution in [2.24, 2.45) is 0 Å². The fraction of sp³-hybridized carbons (Fsp3) is 0.500. The minimum atomic E-state index is -2.43. The standard InChI is InChI=1S/C36H48N6O14/c43-30(18-28(19-31(44)45)27-6-8-29(9-7-27)42(54)55)37-24-36(53,35(52)56-23-26-4-2-1-3-5-26)25-41-16-14-39(21-33(48)49)12-10-38(20-32(46)47)11-13-40(15-17-41)22-34(50)51/h1-9,28,53H,10-25H2,(H,37,43)(H,44,45)(H,46,47)(H,48,49)(H,50,51). The van der Waals surface area contributed by atoms with Crippen LogP contribution in [0.3, 0.4) is 0 Å². The fourth-order valence-corrected chi connectivity index (χ4v) is 6.13. The van der Waals surface area contributed by atoms with E-state index in [0.717, 1.165) is 0 Å². The first kappa shape index (κ1) is 44.9. The zero-order valence-corrected chi connectivity index (χ0v) is 30.7. The minimum absolute atomic E-state index is 0.0518. The third-order valence-corrected chi connectivity index (χ3v) is 9.09. The highest BCUT2D eigenvalue weighted by Gasteiger charge is 2.40. The van der Waals surface area contributed by atoms with Gasteiger partial charge in [-0.1, -0.05) is 42.5 Å². The molecule has 1 aliphatic heterocycles. The van der Waals surface area contributed by atoms with Gasteiger partial charge in [0.1, 0.15) is 6.61 Å². The van der Waals surface area contributed by atoms with E-state index >= 15 is 0 Å². The van der Waals surface area contributed by atoms with Gasteiger partial charge in [-0.2, -0.15) is 0 Å². The number of rotatable bonds is 19. The number of nitro groups is 1. The highest BCUT2D eigenvalue weighted by molar-refractivity contribution is 5.83. The number of carbonyl (C=O) groups excluding carboxylic acids is 2. The zero-order chi connectivity index (χ0) is 41.3. The Morgan fingerprint density at radius 3 is 1.59 bits per heavy atom. The van der Waals surface area contributed by atoms with Gasteiger partial charge in [0.2, 0.25) is 5.91 Å². The van der Waals surface area contributed by atoms with Crippen molar-refractivity contribution in [3.05, 3.63) is 75.8 Å². The number of hydrogen-bond donors (Lipinski definition) is 6. The molecule has 56 heavy (non-hydrogen) atoms. The van der Waals surface area contributed by atoms with E-state index in [-0.39, 0.29) is 71.2 Å². The summed E-state index contributed by atoms with van der Waals surface area (Å²) in [5.41, 5.74) is -1.72. The summed E-state index contributed by atoms with van der Waals surface area (Å²) in [6.07, 6.45) is -0.924. The van der Waals surface area contributed by atoms with Gasteiger partial charge in [-0.3, -0.25) is 53.7 Å². The van der Waals surface area contributed by atoms with Crippen LogP contribution in [0, 0.1) is 10.1 Å². The number of non-ortho nitro benzene ring substituents is 1. The second kappa shape index (κ2) is 22.1. The molecule has 20 heteroatoms. The summed E-state index contributed by atoms with van der Waals surface area (Å²) in [5.74, 6) is -7.40. The van der Waals surface area contributed by atoms with Crippen LogP contribution >= 0.6 is 0 Å². The molecule has 306 valence electrons. The van der Waals surface area contributed by atoms with Gasteiger partial charge in [-0.15, -0.1) is 0 Å². The van der Waals surface area contributed by atoms with Crippen LogP contribution < -0.4 is 5.32 Å². The molecule has 1 fully saturated rings. The number of aliphatic hydroxyl groups is 1. The third kappa shape index (κ3) is 16.1. The minimum Gasteiger partial charge on any atom is -0.481 e. The molecule has 1 aliphatic rings. The van der Waals surface area contributed by atoms with Gasteiger partial charge >= 0.3 is 29.8 Å². The predicted molar refractivity (Wildman–Crippen MR) is 196 cm³/mol. The van der Waals surface area contributed by atoms with Crippen molar-refractivity contribution in [2.75, 3.05) is 85.1 Å². The van der Waals surface area contributed by atoms with E-state index in [0.29, 0.717) is 11.1 Å². The Bertz CT molecular complexity index is 1630. The van der Waals surface area contributed by atoms with E-state index in [9.17, 15) is 64.4 Å². The molecule has 1 saturated heterocycles. The second-order valence-electron chi connectivity index (χ2n) is 13.5. The van der Waals surface area contributed by atoms with E-state index in [1.54, 1.807) is 49.9 Å². The molecule has 6 N–H and O–H groups in total. The largest absolute Gasteiger partial charge is 0.481 e. The first-order valence-corrected chi connectivity index (χ1v) is 17.7. The number of benzene rings is 2. The molecule has 0 aromatic heterocycles. The van der Waals surface area contributed by atoms with E-state index in [1.807, 2.05) is 0 Å². The number of hydrogen-bond acceptors (Lipinski definition) is 14. The van der Waals surface area contributed by atoms with Crippen molar-refractivity contribution in [1.29, 1.82) is 0 Å². The molecule has 0 saturated carbocycles. The van der Waals surface area contributed by atoms with Gasteiger partial charge in [0, 0.05) is 83.4 Å². The number of nitrogens with zero attached hydrogens (tertiary/aromatic N) is 5. The predicted octanol–water partition coefficient (Wildman–Crippen LogP) is -0.391. The van der Waals surface area contributed by atoms with Crippen LogP contribution in [0.25, 0.3) is 0 Å². The molecule has 0 aliphatic carbocycles. The molecule has 1 heterocycles. The normalized spacial score (nSPS) is 16.9. The van der Waals surface area contributed by atoms with Gasteiger partial charge in [-0.25, -0.2) is 4.79 Å². The summed E-state index contributed by atoms with van der Waals surface area (Å²) in [5, 5.41) is 63.7. The van der Waals surface area contributed by atoms with Crippen LogP contribution in [0.1, 0.15) is 29.9 Å². The maximum atomic E-state index is 13.7. The SMILES string of the molecule is O=C(O)CC(CC(=O)NCC(O)(CN1CCN(CC(=O)O)CCN(CC(=O)O)CCN(CC(=O)O)CC1)C(=O)OCc1ccccc1)c1ccc([N+](=O)[O-])cc1. The lowest BCUT2D eigenvalue weighted by Crippen LogP contribution is -2.58. The van der Waals surface area contributed by atoms with Crippen molar-refractivity contribution < 1.29 is 64.0 Å². The fourth-order valence-electron chi connectivity index (χ4n) is 6.13. The number of carboxylic acid groups (broad SMARTS) is 4. The monoisotopic (exact) mass is 788 g/mol. The molecule has 20 nitrogen and oxygen atoms in total. The van der Waals surface area contributed by atoms with E-state index < -0.39 is 91.2 Å². The van der Waals surface area contributed by atoms with E-state index in [1.165, 1.54) is 24.3 Å². The highest BCUT2D eigenvalue weighted by atomic mass is 16.6. The van der Waals surface area contributed by atoms with Crippen LogP contribution in [0.2, 0.25) is 0 Å². The molecular weight excluding hydrogens is 740 g/mol. The first-order valence-electron chi connectivity index (χ1n) is 17.7. The van der Waals surface area contributed by atoms with Crippen LogP contribution in [0.5, 0.6) is 0 Å². The van der Waals surface area contributed by atoms with Crippen molar-refractivity contribution in [3.8, 4) is 0 Å². The Morgan fingerprint density at radius 2 is 1.16 bits per heavy atom. The average Bonchev–Trinajstić information content (AvgIpc) is 3.13. The number of nitro benzene ring substituents is 1. The Hall–Kier alpha value is -5.54. The molecule has 2 unspecified atom stereocenters. The first-order chi connectivity index (χ1) is 26.5. The number of amides is 1. The highest BCUT2D eigenvalue weighted by Crippen LogP contribution is 2.26. The summed E-state index contributed by atoms with van der Waals surface area (Å²) >= 11 is 0. The Kier molecular flexibility index (Phi) is 17.7. The van der Waals surface area contributed by atoms with Crippen molar-refractivity contribution >= 4 is 41.4 Å². The lowest BCUT2D eigenvalue weighted by atomic mass is 9.92. The van der Waals surface area contributed by atoms with Crippen molar-refractivity contribution in [3.63, 3.8) is 0 Å². The number of aliphatic carboxylic acids is 4. The van der Waals surface area contributed by atoms with Crippen LogP contribution in [0.15, 0.2) is 54.6 Å².